The molecule has 0 bridgehead atoms. The summed E-state index contributed by atoms with van der Waals surface area (Å²) in [5, 5.41) is 0.607. The van der Waals surface area contributed by atoms with Crippen molar-refractivity contribution < 1.29 is 4.39 Å². The van der Waals surface area contributed by atoms with Crippen molar-refractivity contribution in [1.29, 1.82) is 0 Å². The highest BCUT2D eigenvalue weighted by Gasteiger charge is 2.43. The molecule has 76 valence electrons. The molecule has 0 unspecified atom stereocenters. The van der Waals surface area contributed by atoms with Crippen molar-refractivity contribution in [3.05, 3.63) is 33.6 Å². The number of hydrogen-bond donors (Lipinski definition) is 1. The average Bonchev–Trinajstić information content (AvgIpc) is 2.81. The van der Waals surface area contributed by atoms with Gasteiger partial charge >= 0.3 is 0 Å². The van der Waals surface area contributed by atoms with Crippen molar-refractivity contribution >= 4 is 11.6 Å². The maximum absolute atomic E-state index is 13.8. The molecule has 0 spiro atoms. The molecule has 14 heavy (non-hydrogen) atoms. The molecule has 3 heteroatoms. The van der Waals surface area contributed by atoms with Gasteiger partial charge in [0.15, 0.2) is 0 Å². The maximum Gasteiger partial charge on any atom is 0.131 e. The SMILES string of the molecule is Cc1cc(Cl)c(C)c(C2(N)CC2)c1F. The summed E-state index contributed by atoms with van der Waals surface area (Å²) in [7, 11) is 0. The van der Waals surface area contributed by atoms with Crippen LogP contribution in [0.3, 0.4) is 0 Å². The van der Waals surface area contributed by atoms with Gasteiger partial charge in [0.25, 0.3) is 0 Å². The lowest BCUT2D eigenvalue weighted by Gasteiger charge is -2.16. The van der Waals surface area contributed by atoms with Gasteiger partial charge in [0, 0.05) is 16.1 Å². The van der Waals surface area contributed by atoms with E-state index in [1.165, 1.54) is 0 Å². The third kappa shape index (κ3) is 1.33. The van der Waals surface area contributed by atoms with E-state index in [0.29, 0.717) is 16.1 Å². The molecule has 1 aliphatic carbocycles. The van der Waals surface area contributed by atoms with Gasteiger partial charge in [-0.15, -0.1) is 0 Å². The first-order valence-corrected chi connectivity index (χ1v) is 5.08. The molecule has 0 aliphatic heterocycles. The Balaban J connectivity index is 2.68. The van der Waals surface area contributed by atoms with E-state index in [-0.39, 0.29) is 5.82 Å². The Morgan fingerprint density at radius 3 is 2.50 bits per heavy atom. The zero-order valence-electron chi connectivity index (χ0n) is 8.32. The Kier molecular flexibility index (Phi) is 2.09. The summed E-state index contributed by atoms with van der Waals surface area (Å²) in [6.07, 6.45) is 1.70. The van der Waals surface area contributed by atoms with Crippen LogP contribution >= 0.6 is 11.6 Å². The number of aryl methyl sites for hydroxylation is 1. The van der Waals surface area contributed by atoms with E-state index < -0.39 is 5.54 Å². The van der Waals surface area contributed by atoms with Crippen LogP contribution < -0.4 is 5.73 Å². The van der Waals surface area contributed by atoms with Gasteiger partial charge in [0.05, 0.1) is 0 Å². The Labute approximate surface area is 88.1 Å². The number of halogens is 2. The lowest BCUT2D eigenvalue weighted by Crippen LogP contribution is -2.22. The quantitative estimate of drug-likeness (QED) is 0.763. The summed E-state index contributed by atoms with van der Waals surface area (Å²) in [6.45, 7) is 3.54. The number of rotatable bonds is 1. The standard InChI is InChI=1S/C11H13ClFN/c1-6-5-8(12)7(2)9(10(6)13)11(14)3-4-11/h5H,3-4,14H2,1-2H3. The summed E-state index contributed by atoms with van der Waals surface area (Å²) in [4.78, 5) is 0. The third-order valence-electron chi connectivity index (χ3n) is 2.93. The highest BCUT2D eigenvalue weighted by Crippen LogP contribution is 2.46. The monoisotopic (exact) mass is 213 g/mol. The van der Waals surface area contributed by atoms with Gasteiger partial charge in [-0.25, -0.2) is 4.39 Å². The zero-order chi connectivity index (χ0) is 10.5. The van der Waals surface area contributed by atoms with Crippen molar-refractivity contribution in [2.75, 3.05) is 0 Å². The zero-order valence-corrected chi connectivity index (χ0v) is 9.08. The molecule has 0 amide bonds. The van der Waals surface area contributed by atoms with Crippen molar-refractivity contribution in [3.8, 4) is 0 Å². The van der Waals surface area contributed by atoms with Crippen LogP contribution in [0, 0.1) is 19.7 Å². The summed E-state index contributed by atoms with van der Waals surface area (Å²) in [6, 6.07) is 1.65. The molecule has 1 fully saturated rings. The molecule has 1 nitrogen and oxygen atoms in total. The highest BCUT2D eigenvalue weighted by atomic mass is 35.5. The topological polar surface area (TPSA) is 26.0 Å². The van der Waals surface area contributed by atoms with Crippen LogP contribution in [0.15, 0.2) is 6.07 Å². The van der Waals surface area contributed by atoms with Crippen LogP contribution in [-0.4, -0.2) is 0 Å². The van der Waals surface area contributed by atoms with E-state index in [1.54, 1.807) is 13.0 Å². The van der Waals surface area contributed by atoms with Gasteiger partial charge in [-0.2, -0.15) is 0 Å². The Morgan fingerprint density at radius 1 is 1.43 bits per heavy atom. The van der Waals surface area contributed by atoms with Crippen molar-refractivity contribution in [1.82, 2.24) is 0 Å². The van der Waals surface area contributed by atoms with Crippen LogP contribution in [0.4, 0.5) is 4.39 Å². The van der Waals surface area contributed by atoms with Crippen molar-refractivity contribution in [2.24, 2.45) is 5.73 Å². The smallest absolute Gasteiger partial charge is 0.131 e. The van der Waals surface area contributed by atoms with E-state index >= 15 is 0 Å². The van der Waals surface area contributed by atoms with Gasteiger partial charge in [0.1, 0.15) is 5.82 Å². The lowest BCUT2D eigenvalue weighted by atomic mass is 9.96. The highest BCUT2D eigenvalue weighted by molar-refractivity contribution is 6.31. The van der Waals surface area contributed by atoms with Gasteiger partial charge in [-0.1, -0.05) is 11.6 Å². The normalized spacial score (nSPS) is 18.4. The molecular weight excluding hydrogens is 201 g/mol. The molecule has 0 atom stereocenters. The first-order valence-electron chi connectivity index (χ1n) is 4.70. The molecule has 2 rings (SSSR count). The molecule has 0 heterocycles. The molecule has 0 saturated heterocycles. The molecular formula is C11H13ClFN. The average molecular weight is 214 g/mol. The number of benzene rings is 1. The summed E-state index contributed by atoms with van der Waals surface area (Å²) in [5.41, 5.74) is 7.53. The Bertz CT molecular complexity index is 371. The third-order valence-corrected chi connectivity index (χ3v) is 3.32. The molecule has 0 radical (unpaired) electrons. The van der Waals surface area contributed by atoms with Gasteiger partial charge in [0.2, 0.25) is 0 Å². The van der Waals surface area contributed by atoms with Gasteiger partial charge in [-0.3, -0.25) is 0 Å². The van der Waals surface area contributed by atoms with Crippen LogP contribution in [0.2, 0.25) is 5.02 Å². The summed E-state index contributed by atoms with van der Waals surface area (Å²) >= 11 is 6.00. The van der Waals surface area contributed by atoms with Crippen LogP contribution in [0.25, 0.3) is 0 Å². The van der Waals surface area contributed by atoms with Crippen molar-refractivity contribution in [3.63, 3.8) is 0 Å². The summed E-state index contributed by atoms with van der Waals surface area (Å²) in [5.74, 6) is -0.188. The van der Waals surface area contributed by atoms with Crippen LogP contribution in [0.1, 0.15) is 29.5 Å². The minimum Gasteiger partial charge on any atom is -0.321 e. The molecule has 1 aromatic rings. The fraction of sp³-hybridized carbons (Fsp3) is 0.455. The van der Waals surface area contributed by atoms with E-state index in [0.717, 1.165) is 18.4 Å². The van der Waals surface area contributed by atoms with E-state index in [9.17, 15) is 4.39 Å². The lowest BCUT2D eigenvalue weighted by molar-refractivity contribution is 0.567. The molecule has 0 aromatic heterocycles. The van der Waals surface area contributed by atoms with Gasteiger partial charge < -0.3 is 5.73 Å². The second kappa shape index (κ2) is 2.94. The molecule has 2 N–H and O–H groups in total. The Hall–Kier alpha value is -0.600. The van der Waals surface area contributed by atoms with Gasteiger partial charge in [-0.05, 0) is 43.9 Å². The minimum absolute atomic E-state index is 0.188. The fourth-order valence-electron chi connectivity index (χ4n) is 1.82. The first-order chi connectivity index (χ1) is 6.46. The second-order valence-electron chi connectivity index (χ2n) is 4.15. The van der Waals surface area contributed by atoms with Crippen LogP contribution in [0.5, 0.6) is 0 Å². The fourth-order valence-corrected chi connectivity index (χ4v) is 2.08. The predicted molar refractivity (Wildman–Crippen MR) is 56.0 cm³/mol. The van der Waals surface area contributed by atoms with E-state index in [4.69, 9.17) is 17.3 Å². The predicted octanol–water partition coefficient (Wildman–Crippen LogP) is 3.04. The van der Waals surface area contributed by atoms with Crippen molar-refractivity contribution in [2.45, 2.75) is 32.2 Å². The Morgan fingerprint density at radius 2 is 2.00 bits per heavy atom. The molecule has 1 saturated carbocycles. The van der Waals surface area contributed by atoms with E-state index in [1.807, 2.05) is 6.92 Å². The number of nitrogens with two attached hydrogens (primary N) is 1. The maximum atomic E-state index is 13.8. The largest absolute Gasteiger partial charge is 0.321 e. The first kappa shape index (κ1) is 9.94. The minimum atomic E-state index is -0.455. The van der Waals surface area contributed by atoms with Crippen LogP contribution in [-0.2, 0) is 5.54 Å². The number of hydrogen-bond acceptors (Lipinski definition) is 1. The summed E-state index contributed by atoms with van der Waals surface area (Å²) < 4.78 is 13.8. The van der Waals surface area contributed by atoms with E-state index in [2.05, 4.69) is 0 Å². The molecule has 1 aliphatic rings. The molecule has 1 aromatic carbocycles. The second-order valence-corrected chi connectivity index (χ2v) is 4.55.